The number of hydrogen-bond acceptors (Lipinski definition) is 4. The molecule has 0 radical (unpaired) electrons. The fourth-order valence-electron chi connectivity index (χ4n) is 6.70. The van der Waals surface area contributed by atoms with E-state index in [1.807, 2.05) is 54.6 Å². The SMILES string of the molecule is O=C1[C@@H]2[C@H](Cc3ccccc3)N[C@]3(C(=O)Nc4ccccc43)[C@H]2C(=O)N1C1CCCCCC1. The second-order valence-corrected chi connectivity index (χ2v) is 9.94. The molecule has 6 nitrogen and oxygen atoms in total. The van der Waals surface area contributed by atoms with E-state index in [2.05, 4.69) is 10.6 Å². The molecular weight excluding hydrogens is 414 g/mol. The van der Waals surface area contributed by atoms with Gasteiger partial charge >= 0.3 is 0 Å². The van der Waals surface area contributed by atoms with Crippen LogP contribution in [-0.4, -0.2) is 34.7 Å². The van der Waals surface area contributed by atoms with Crippen LogP contribution in [0.2, 0.25) is 0 Å². The van der Waals surface area contributed by atoms with Gasteiger partial charge in [-0.05, 0) is 30.9 Å². The topological polar surface area (TPSA) is 78.5 Å². The number of likely N-dealkylation sites (tertiary alicyclic amines) is 1. The van der Waals surface area contributed by atoms with Gasteiger partial charge in [-0.2, -0.15) is 0 Å². The molecule has 6 rings (SSSR count). The van der Waals surface area contributed by atoms with Gasteiger partial charge in [0, 0.05) is 23.3 Å². The fourth-order valence-corrected chi connectivity index (χ4v) is 6.70. The van der Waals surface area contributed by atoms with E-state index in [4.69, 9.17) is 0 Å². The van der Waals surface area contributed by atoms with Crippen LogP contribution >= 0.6 is 0 Å². The summed E-state index contributed by atoms with van der Waals surface area (Å²) in [6.07, 6.45) is 6.70. The first-order valence-corrected chi connectivity index (χ1v) is 12.2. The Morgan fingerprint density at radius 3 is 2.30 bits per heavy atom. The molecule has 170 valence electrons. The molecule has 1 saturated carbocycles. The Morgan fingerprint density at radius 1 is 0.848 bits per heavy atom. The first-order valence-electron chi connectivity index (χ1n) is 12.2. The molecular formula is C27H29N3O3. The van der Waals surface area contributed by atoms with Gasteiger partial charge in [-0.3, -0.25) is 24.6 Å². The molecule has 3 amide bonds. The minimum absolute atomic E-state index is 0.0489. The van der Waals surface area contributed by atoms with Crippen molar-refractivity contribution in [3.05, 3.63) is 65.7 Å². The van der Waals surface area contributed by atoms with E-state index in [-0.39, 0.29) is 29.8 Å². The highest BCUT2D eigenvalue weighted by atomic mass is 16.2. The van der Waals surface area contributed by atoms with E-state index in [9.17, 15) is 14.4 Å². The summed E-state index contributed by atoms with van der Waals surface area (Å²) in [4.78, 5) is 43.0. The number of anilines is 1. The molecule has 3 heterocycles. The number of benzene rings is 2. The van der Waals surface area contributed by atoms with Crippen molar-refractivity contribution >= 4 is 23.4 Å². The summed E-state index contributed by atoms with van der Waals surface area (Å²) < 4.78 is 0. The normalized spacial score (nSPS) is 31.6. The van der Waals surface area contributed by atoms with Crippen LogP contribution in [0.5, 0.6) is 0 Å². The van der Waals surface area contributed by atoms with Crippen molar-refractivity contribution in [2.24, 2.45) is 11.8 Å². The van der Waals surface area contributed by atoms with Gasteiger partial charge in [-0.15, -0.1) is 0 Å². The van der Waals surface area contributed by atoms with Crippen molar-refractivity contribution in [2.45, 2.75) is 62.6 Å². The molecule has 1 aliphatic carbocycles. The Morgan fingerprint density at radius 2 is 1.55 bits per heavy atom. The Balaban J connectivity index is 1.45. The first-order chi connectivity index (χ1) is 16.1. The summed E-state index contributed by atoms with van der Waals surface area (Å²) in [5.74, 6) is -1.76. The second-order valence-electron chi connectivity index (χ2n) is 9.94. The number of para-hydroxylation sites is 1. The lowest BCUT2D eigenvalue weighted by Gasteiger charge is -2.32. The highest BCUT2D eigenvalue weighted by Gasteiger charge is 2.70. The van der Waals surface area contributed by atoms with Crippen molar-refractivity contribution in [3.8, 4) is 0 Å². The van der Waals surface area contributed by atoms with Crippen molar-refractivity contribution in [3.63, 3.8) is 0 Å². The highest BCUT2D eigenvalue weighted by molar-refractivity contribution is 6.15. The Kier molecular flexibility index (Phi) is 4.87. The summed E-state index contributed by atoms with van der Waals surface area (Å²) in [5.41, 5.74) is 1.39. The predicted molar refractivity (Wildman–Crippen MR) is 124 cm³/mol. The predicted octanol–water partition coefficient (Wildman–Crippen LogP) is 3.37. The van der Waals surface area contributed by atoms with E-state index >= 15 is 0 Å². The van der Waals surface area contributed by atoms with Gasteiger partial charge in [-0.25, -0.2) is 0 Å². The lowest BCUT2D eigenvalue weighted by Crippen LogP contribution is -2.54. The van der Waals surface area contributed by atoms with Crippen molar-refractivity contribution < 1.29 is 14.4 Å². The summed E-state index contributed by atoms with van der Waals surface area (Å²) in [6.45, 7) is 0. The number of nitrogens with zero attached hydrogens (tertiary/aromatic N) is 1. The molecule has 1 spiro atoms. The number of hydrogen-bond donors (Lipinski definition) is 2. The molecule has 3 aliphatic heterocycles. The Hall–Kier alpha value is -2.99. The van der Waals surface area contributed by atoms with Crippen molar-refractivity contribution in [1.82, 2.24) is 10.2 Å². The molecule has 0 bridgehead atoms. The molecule has 2 N–H and O–H groups in total. The molecule has 2 aromatic rings. The Bertz CT molecular complexity index is 1110. The van der Waals surface area contributed by atoms with Gasteiger partial charge in [0.2, 0.25) is 17.7 Å². The average molecular weight is 444 g/mol. The number of rotatable bonds is 3. The van der Waals surface area contributed by atoms with E-state index in [1.165, 1.54) is 0 Å². The van der Waals surface area contributed by atoms with Crippen LogP contribution in [0, 0.1) is 11.8 Å². The summed E-state index contributed by atoms with van der Waals surface area (Å²) in [5, 5.41) is 6.52. The number of fused-ring (bicyclic) bond motifs is 4. The zero-order chi connectivity index (χ0) is 22.6. The molecule has 4 aliphatic rings. The second kappa shape index (κ2) is 7.80. The lowest BCUT2D eigenvalue weighted by molar-refractivity contribution is -0.145. The zero-order valence-electron chi connectivity index (χ0n) is 18.6. The van der Waals surface area contributed by atoms with Crippen LogP contribution in [0.1, 0.15) is 49.7 Å². The van der Waals surface area contributed by atoms with Gasteiger partial charge in [0.15, 0.2) is 0 Å². The third-order valence-electron chi connectivity index (χ3n) is 8.14. The zero-order valence-corrected chi connectivity index (χ0v) is 18.6. The fraction of sp³-hybridized carbons (Fsp3) is 0.444. The van der Waals surface area contributed by atoms with Crippen LogP contribution < -0.4 is 10.6 Å². The van der Waals surface area contributed by atoms with Crippen LogP contribution in [0.3, 0.4) is 0 Å². The molecule has 3 fully saturated rings. The number of carbonyl (C=O) groups excluding carboxylic acids is 3. The van der Waals surface area contributed by atoms with E-state index < -0.39 is 17.4 Å². The maximum absolute atomic E-state index is 14.0. The molecule has 6 heteroatoms. The van der Waals surface area contributed by atoms with Crippen molar-refractivity contribution in [1.29, 1.82) is 0 Å². The maximum Gasteiger partial charge on any atom is 0.250 e. The monoisotopic (exact) mass is 443 g/mol. The third kappa shape index (κ3) is 3.00. The Labute approximate surface area is 193 Å². The number of carbonyl (C=O) groups is 3. The molecule has 2 aromatic carbocycles. The minimum Gasteiger partial charge on any atom is -0.324 e. The largest absolute Gasteiger partial charge is 0.324 e. The van der Waals surface area contributed by atoms with Crippen LogP contribution in [0.15, 0.2) is 54.6 Å². The van der Waals surface area contributed by atoms with Crippen LogP contribution in [-0.2, 0) is 26.3 Å². The smallest absolute Gasteiger partial charge is 0.250 e. The van der Waals surface area contributed by atoms with Gasteiger partial charge in [-0.1, -0.05) is 74.2 Å². The summed E-state index contributed by atoms with van der Waals surface area (Å²) in [7, 11) is 0. The standard InChI is InChI=1S/C27H29N3O3/c31-24-22-21(16-17-10-4-3-5-11-17)29-27(19-14-8-9-15-20(19)28-26(27)33)23(22)25(32)30(24)18-12-6-1-2-7-13-18/h3-5,8-11,14-15,18,21-23,29H,1-2,6-7,12-13,16H2,(H,28,33)/t21-,22+,23+,27-/m0/s1. The van der Waals surface area contributed by atoms with Gasteiger partial charge in [0.25, 0.3) is 0 Å². The molecule has 0 unspecified atom stereocenters. The molecule has 4 atom stereocenters. The van der Waals surface area contributed by atoms with Crippen molar-refractivity contribution in [2.75, 3.05) is 5.32 Å². The average Bonchev–Trinajstić information content (AvgIpc) is 3.28. The third-order valence-corrected chi connectivity index (χ3v) is 8.14. The van der Waals surface area contributed by atoms with Crippen LogP contribution in [0.4, 0.5) is 5.69 Å². The van der Waals surface area contributed by atoms with Crippen LogP contribution in [0.25, 0.3) is 0 Å². The molecule has 33 heavy (non-hydrogen) atoms. The van der Waals surface area contributed by atoms with E-state index in [0.717, 1.165) is 55.3 Å². The quantitative estimate of drug-likeness (QED) is 0.563. The minimum atomic E-state index is -1.20. The molecule has 0 aromatic heterocycles. The van der Waals surface area contributed by atoms with Gasteiger partial charge in [0.05, 0.1) is 11.8 Å². The lowest BCUT2D eigenvalue weighted by atomic mass is 9.76. The highest BCUT2D eigenvalue weighted by Crippen LogP contribution is 2.53. The van der Waals surface area contributed by atoms with E-state index in [1.54, 1.807) is 4.90 Å². The molecule has 2 saturated heterocycles. The summed E-state index contributed by atoms with van der Waals surface area (Å²) in [6, 6.07) is 17.2. The number of nitrogens with one attached hydrogen (secondary N) is 2. The van der Waals surface area contributed by atoms with E-state index in [0.29, 0.717) is 6.42 Å². The number of amides is 3. The van der Waals surface area contributed by atoms with Gasteiger partial charge < -0.3 is 5.32 Å². The first kappa shape index (κ1) is 20.6. The maximum atomic E-state index is 14.0. The number of imide groups is 1. The van der Waals surface area contributed by atoms with Gasteiger partial charge in [0.1, 0.15) is 5.54 Å². The summed E-state index contributed by atoms with van der Waals surface area (Å²) >= 11 is 0.